The molecule has 4 rings (SSSR count). The van der Waals surface area contributed by atoms with Crippen molar-refractivity contribution in [3.8, 4) is 0 Å². The highest BCUT2D eigenvalue weighted by atomic mass is 16.2. The van der Waals surface area contributed by atoms with E-state index >= 15 is 0 Å². The van der Waals surface area contributed by atoms with Crippen molar-refractivity contribution in [2.45, 2.75) is 65.0 Å². The second-order valence-corrected chi connectivity index (χ2v) is 9.26. The smallest absolute Gasteiger partial charge is 0.254 e. The lowest BCUT2D eigenvalue weighted by molar-refractivity contribution is 0.0733. The minimum absolute atomic E-state index is 0.112. The van der Waals surface area contributed by atoms with Gasteiger partial charge in [-0.1, -0.05) is 32.9 Å². The molecule has 1 saturated heterocycles. The molecule has 2 aliphatic heterocycles. The van der Waals surface area contributed by atoms with Gasteiger partial charge in [-0.3, -0.25) is 9.78 Å². The van der Waals surface area contributed by atoms with Gasteiger partial charge in [-0.05, 0) is 72.5 Å². The van der Waals surface area contributed by atoms with Gasteiger partial charge < -0.3 is 10.2 Å². The number of hydrogen-bond acceptors (Lipinski definition) is 3. The van der Waals surface area contributed by atoms with E-state index in [4.69, 9.17) is 0 Å². The van der Waals surface area contributed by atoms with Gasteiger partial charge in [0.2, 0.25) is 0 Å². The molecule has 1 aromatic heterocycles. The fourth-order valence-electron chi connectivity index (χ4n) is 4.43. The lowest BCUT2D eigenvalue weighted by Gasteiger charge is -2.34. The number of carbonyl (C=O) groups is 1. The zero-order chi connectivity index (χ0) is 19.9. The Kier molecular flexibility index (Phi) is 5.00. The summed E-state index contributed by atoms with van der Waals surface area (Å²) in [5.74, 6) is 0.112. The van der Waals surface area contributed by atoms with Crippen molar-refractivity contribution in [1.29, 1.82) is 0 Å². The molecule has 4 heteroatoms. The summed E-state index contributed by atoms with van der Waals surface area (Å²) in [5.41, 5.74) is 7.34. The Morgan fingerprint density at radius 2 is 2.07 bits per heavy atom. The van der Waals surface area contributed by atoms with Gasteiger partial charge in [-0.2, -0.15) is 0 Å². The normalized spacial score (nSPS) is 19.6. The molecule has 1 N–H and O–H groups in total. The van der Waals surface area contributed by atoms with Crippen LogP contribution in [0.4, 0.5) is 0 Å². The van der Waals surface area contributed by atoms with Crippen molar-refractivity contribution in [1.82, 2.24) is 15.2 Å². The zero-order valence-corrected chi connectivity index (χ0v) is 17.5. The zero-order valence-electron chi connectivity index (χ0n) is 17.5. The Morgan fingerprint density at radius 1 is 1.25 bits per heavy atom. The molecule has 0 unspecified atom stereocenters. The maximum atomic E-state index is 13.1. The number of hydrogen-bond donors (Lipinski definition) is 1. The molecular weight excluding hydrogens is 346 g/mol. The van der Waals surface area contributed by atoms with Crippen LogP contribution in [0.1, 0.15) is 78.0 Å². The molecule has 3 heterocycles. The van der Waals surface area contributed by atoms with E-state index in [1.165, 1.54) is 35.1 Å². The fraction of sp³-hybridized carbons (Fsp3) is 0.500. The quantitative estimate of drug-likeness (QED) is 0.848. The number of benzene rings is 1. The molecule has 1 amide bonds. The number of amides is 1. The van der Waals surface area contributed by atoms with Crippen LogP contribution in [0.15, 0.2) is 30.5 Å². The van der Waals surface area contributed by atoms with Gasteiger partial charge in [0, 0.05) is 36.6 Å². The first-order valence-electron chi connectivity index (χ1n) is 10.4. The van der Waals surface area contributed by atoms with E-state index < -0.39 is 0 Å². The Hall–Kier alpha value is -2.20. The van der Waals surface area contributed by atoms with E-state index in [-0.39, 0.29) is 11.3 Å². The Labute approximate surface area is 168 Å². The number of aryl methyl sites for hydroxylation is 1. The standard InChI is InChI=1S/C24H31N3O/c1-16-12-18(7-10-25-16)23(28)27-11-8-17-13-19(24(2,3)4)14-20(21(17)15-27)22-6-5-9-26-22/h7,10,12-14,22,26H,5-6,8-9,11,15H2,1-4H3/t22-/m0/s1. The number of nitrogens with one attached hydrogen (secondary N) is 1. The largest absolute Gasteiger partial charge is 0.334 e. The summed E-state index contributed by atoms with van der Waals surface area (Å²) >= 11 is 0. The number of aromatic nitrogens is 1. The van der Waals surface area contributed by atoms with Crippen molar-refractivity contribution < 1.29 is 4.79 Å². The topological polar surface area (TPSA) is 45.2 Å². The third-order valence-corrected chi connectivity index (χ3v) is 6.11. The molecule has 28 heavy (non-hydrogen) atoms. The third kappa shape index (κ3) is 3.70. The Morgan fingerprint density at radius 3 is 2.75 bits per heavy atom. The van der Waals surface area contributed by atoms with E-state index in [1.807, 2.05) is 24.0 Å². The summed E-state index contributed by atoms with van der Waals surface area (Å²) in [6.45, 7) is 11.3. The first-order chi connectivity index (χ1) is 13.3. The van der Waals surface area contributed by atoms with E-state index in [1.54, 1.807) is 6.20 Å². The number of rotatable bonds is 2. The molecule has 0 aliphatic carbocycles. The molecule has 0 bridgehead atoms. The lowest BCUT2D eigenvalue weighted by Crippen LogP contribution is -2.37. The lowest BCUT2D eigenvalue weighted by atomic mass is 9.80. The number of fused-ring (bicyclic) bond motifs is 1. The molecule has 0 radical (unpaired) electrons. The van der Waals surface area contributed by atoms with Crippen LogP contribution in [-0.2, 0) is 18.4 Å². The van der Waals surface area contributed by atoms with E-state index in [9.17, 15) is 4.79 Å². The minimum atomic E-state index is 0.112. The van der Waals surface area contributed by atoms with Crippen LogP contribution in [0, 0.1) is 6.92 Å². The number of pyridine rings is 1. The predicted molar refractivity (Wildman–Crippen MR) is 113 cm³/mol. The van der Waals surface area contributed by atoms with Crippen molar-refractivity contribution in [2.75, 3.05) is 13.1 Å². The highest BCUT2D eigenvalue weighted by molar-refractivity contribution is 5.94. The molecule has 1 atom stereocenters. The Balaban J connectivity index is 1.69. The van der Waals surface area contributed by atoms with Crippen LogP contribution in [0.25, 0.3) is 0 Å². The third-order valence-electron chi connectivity index (χ3n) is 6.11. The molecular formula is C24H31N3O. The van der Waals surface area contributed by atoms with Gasteiger partial charge in [0.1, 0.15) is 0 Å². The van der Waals surface area contributed by atoms with Gasteiger partial charge in [0.15, 0.2) is 0 Å². The first-order valence-corrected chi connectivity index (χ1v) is 10.4. The van der Waals surface area contributed by atoms with Crippen molar-refractivity contribution in [3.63, 3.8) is 0 Å². The van der Waals surface area contributed by atoms with Crippen LogP contribution in [0.5, 0.6) is 0 Å². The van der Waals surface area contributed by atoms with Gasteiger partial charge in [-0.15, -0.1) is 0 Å². The van der Waals surface area contributed by atoms with Crippen LogP contribution in [-0.4, -0.2) is 28.9 Å². The summed E-state index contributed by atoms with van der Waals surface area (Å²) in [6.07, 6.45) is 5.05. The summed E-state index contributed by atoms with van der Waals surface area (Å²) in [7, 11) is 0. The van der Waals surface area contributed by atoms with Crippen molar-refractivity contribution >= 4 is 5.91 Å². The first kappa shape index (κ1) is 19.1. The second kappa shape index (κ2) is 7.32. The van der Waals surface area contributed by atoms with Gasteiger partial charge in [0.25, 0.3) is 5.91 Å². The summed E-state index contributed by atoms with van der Waals surface area (Å²) in [4.78, 5) is 19.3. The predicted octanol–water partition coefficient (Wildman–Crippen LogP) is 4.31. The second-order valence-electron chi connectivity index (χ2n) is 9.26. The maximum Gasteiger partial charge on any atom is 0.254 e. The molecule has 0 spiro atoms. The fourth-order valence-corrected chi connectivity index (χ4v) is 4.43. The minimum Gasteiger partial charge on any atom is -0.334 e. The molecule has 2 aromatic rings. The summed E-state index contributed by atoms with van der Waals surface area (Å²) < 4.78 is 0. The van der Waals surface area contributed by atoms with Gasteiger partial charge in [-0.25, -0.2) is 0 Å². The van der Waals surface area contributed by atoms with E-state index in [2.05, 4.69) is 43.2 Å². The average Bonchev–Trinajstić information content (AvgIpc) is 3.20. The molecule has 0 saturated carbocycles. The highest BCUT2D eigenvalue weighted by Crippen LogP contribution is 2.36. The van der Waals surface area contributed by atoms with Crippen LogP contribution >= 0.6 is 0 Å². The summed E-state index contributed by atoms with van der Waals surface area (Å²) in [5, 5.41) is 3.67. The molecule has 4 nitrogen and oxygen atoms in total. The average molecular weight is 378 g/mol. The van der Waals surface area contributed by atoms with Crippen LogP contribution in [0.3, 0.4) is 0 Å². The number of carbonyl (C=O) groups excluding carboxylic acids is 1. The van der Waals surface area contributed by atoms with Crippen LogP contribution < -0.4 is 5.32 Å². The van der Waals surface area contributed by atoms with Gasteiger partial charge >= 0.3 is 0 Å². The molecule has 148 valence electrons. The Bertz CT molecular complexity index is 891. The SMILES string of the molecule is Cc1cc(C(=O)N2CCc3cc(C(C)(C)C)cc([C@@H]4CCCN4)c3C2)ccn1. The number of nitrogens with zero attached hydrogens (tertiary/aromatic N) is 2. The molecule has 1 aromatic carbocycles. The van der Waals surface area contributed by atoms with Crippen molar-refractivity contribution in [2.24, 2.45) is 0 Å². The monoisotopic (exact) mass is 377 g/mol. The van der Waals surface area contributed by atoms with E-state index in [0.717, 1.165) is 30.8 Å². The van der Waals surface area contributed by atoms with Crippen molar-refractivity contribution in [3.05, 3.63) is 64.0 Å². The summed E-state index contributed by atoms with van der Waals surface area (Å²) in [6, 6.07) is 8.90. The molecule has 1 fully saturated rings. The van der Waals surface area contributed by atoms with Crippen LogP contribution in [0.2, 0.25) is 0 Å². The molecule has 2 aliphatic rings. The highest BCUT2D eigenvalue weighted by Gasteiger charge is 2.29. The van der Waals surface area contributed by atoms with E-state index in [0.29, 0.717) is 12.6 Å². The van der Waals surface area contributed by atoms with Gasteiger partial charge in [0.05, 0.1) is 0 Å². The maximum absolute atomic E-state index is 13.1.